The third-order valence-electron chi connectivity index (χ3n) is 4.76. The summed E-state index contributed by atoms with van der Waals surface area (Å²) in [4.78, 5) is 14.3. The van der Waals surface area contributed by atoms with Gasteiger partial charge in [-0.25, -0.2) is 4.79 Å². The van der Waals surface area contributed by atoms with E-state index in [0.717, 1.165) is 27.1 Å². The molecule has 0 aromatic heterocycles. The molecule has 0 bridgehead atoms. The van der Waals surface area contributed by atoms with E-state index in [1.165, 1.54) is 0 Å². The van der Waals surface area contributed by atoms with E-state index >= 15 is 0 Å². The highest BCUT2D eigenvalue weighted by atomic mass is 79.9. The third-order valence-corrected chi connectivity index (χ3v) is 5.25. The maximum absolute atomic E-state index is 12.5. The van der Waals surface area contributed by atoms with Crippen molar-refractivity contribution in [2.24, 2.45) is 0 Å². The Morgan fingerprint density at radius 3 is 2.68 bits per heavy atom. The zero-order chi connectivity index (χ0) is 20.1. The number of ether oxygens (including phenoxy) is 3. The fourth-order valence-electron chi connectivity index (χ4n) is 3.40. The van der Waals surface area contributed by atoms with Crippen molar-refractivity contribution in [3.8, 4) is 11.5 Å². The smallest absolute Gasteiger partial charge is 0.410 e. The number of halogens is 1. The number of carbonyl (C=O) groups is 1. The molecule has 0 radical (unpaired) electrons. The van der Waals surface area contributed by atoms with E-state index in [4.69, 9.17) is 14.2 Å². The normalized spacial score (nSPS) is 17.4. The van der Waals surface area contributed by atoms with Crippen LogP contribution in [0.5, 0.6) is 11.5 Å². The lowest BCUT2D eigenvalue weighted by molar-refractivity contribution is 0.129. The molecule has 1 aliphatic heterocycles. The highest BCUT2D eigenvalue weighted by Gasteiger charge is 2.35. The van der Waals surface area contributed by atoms with Gasteiger partial charge in [0, 0.05) is 16.6 Å². The summed E-state index contributed by atoms with van der Waals surface area (Å²) in [5.74, 6) is 1.59. The summed E-state index contributed by atoms with van der Waals surface area (Å²) in [7, 11) is 0. The van der Waals surface area contributed by atoms with E-state index in [2.05, 4.69) is 15.9 Å². The molecule has 6 heteroatoms. The molecule has 1 saturated heterocycles. The number of amides is 1. The number of hydrogen-bond donors (Lipinski definition) is 0. The number of carbonyl (C=O) groups excluding carboxylic acids is 1. The molecule has 0 aliphatic carbocycles. The molecular formula is C22H26BrNO4. The maximum Gasteiger partial charge on any atom is 0.410 e. The van der Waals surface area contributed by atoms with Crippen LogP contribution in [0.4, 0.5) is 4.79 Å². The lowest BCUT2D eigenvalue weighted by Crippen LogP contribution is -2.35. The van der Waals surface area contributed by atoms with Crippen molar-refractivity contribution >= 4 is 22.0 Å². The van der Waals surface area contributed by atoms with Crippen molar-refractivity contribution < 1.29 is 19.0 Å². The molecule has 1 aliphatic rings. The van der Waals surface area contributed by atoms with E-state index in [9.17, 15) is 4.79 Å². The second kappa shape index (κ2) is 9.32. The molecule has 1 heterocycles. The predicted octanol–water partition coefficient (Wildman–Crippen LogP) is 5.37. The van der Waals surface area contributed by atoms with E-state index in [1.54, 1.807) is 4.90 Å². The monoisotopic (exact) mass is 447 g/mol. The number of cyclic esters (lactones) is 1. The number of benzene rings is 2. The first-order chi connectivity index (χ1) is 13.5. The van der Waals surface area contributed by atoms with Crippen LogP contribution in [0, 0.1) is 0 Å². The molecule has 0 N–H and O–H groups in total. The van der Waals surface area contributed by atoms with Gasteiger partial charge in [0.05, 0.1) is 19.8 Å². The Kier molecular flexibility index (Phi) is 6.83. The van der Waals surface area contributed by atoms with Gasteiger partial charge in [-0.05, 0) is 56.5 Å². The first kappa shape index (κ1) is 20.5. The minimum Gasteiger partial charge on any atom is -0.494 e. The van der Waals surface area contributed by atoms with Crippen LogP contribution in [0.1, 0.15) is 38.0 Å². The summed E-state index contributed by atoms with van der Waals surface area (Å²) in [5.41, 5.74) is 2.05. The van der Waals surface area contributed by atoms with Gasteiger partial charge in [0.15, 0.2) is 0 Å². The number of nitrogens with zero attached hydrogens (tertiary/aromatic N) is 1. The average Bonchev–Trinajstić information content (AvgIpc) is 3.06. The number of hydrogen-bond acceptors (Lipinski definition) is 4. The van der Waals surface area contributed by atoms with Crippen LogP contribution in [-0.4, -0.2) is 36.8 Å². The van der Waals surface area contributed by atoms with E-state index < -0.39 is 0 Å². The fraction of sp³-hybridized carbons (Fsp3) is 0.409. The van der Waals surface area contributed by atoms with Crippen LogP contribution in [0.25, 0.3) is 0 Å². The number of rotatable bonds is 8. The molecular weight excluding hydrogens is 422 g/mol. The summed E-state index contributed by atoms with van der Waals surface area (Å²) in [6, 6.07) is 13.8. The molecule has 0 unspecified atom stereocenters. The van der Waals surface area contributed by atoms with Crippen molar-refractivity contribution in [2.75, 3.05) is 19.8 Å². The van der Waals surface area contributed by atoms with Gasteiger partial charge in [0.2, 0.25) is 0 Å². The first-order valence-electron chi connectivity index (χ1n) is 9.63. The molecule has 0 spiro atoms. The Bertz CT molecular complexity index is 826. The summed E-state index contributed by atoms with van der Waals surface area (Å²) >= 11 is 3.47. The molecule has 150 valence electrons. The van der Waals surface area contributed by atoms with Gasteiger partial charge in [0.1, 0.15) is 17.6 Å². The Morgan fingerprint density at radius 2 is 1.96 bits per heavy atom. The van der Waals surface area contributed by atoms with E-state index in [-0.39, 0.29) is 18.2 Å². The third kappa shape index (κ3) is 4.79. The Morgan fingerprint density at radius 1 is 1.18 bits per heavy atom. The first-order valence-corrected chi connectivity index (χ1v) is 10.4. The Labute approximate surface area is 174 Å². The van der Waals surface area contributed by atoms with Gasteiger partial charge < -0.3 is 19.1 Å². The lowest BCUT2D eigenvalue weighted by Gasteiger charge is -2.23. The molecule has 2 atom stereocenters. The molecule has 2 aromatic rings. The van der Waals surface area contributed by atoms with Crippen LogP contribution in [0.2, 0.25) is 0 Å². The van der Waals surface area contributed by atoms with Crippen LogP contribution in [-0.2, 0) is 11.2 Å². The molecule has 1 fully saturated rings. The summed E-state index contributed by atoms with van der Waals surface area (Å²) in [6.07, 6.45) is 0.155. The fourth-order valence-corrected chi connectivity index (χ4v) is 3.82. The molecule has 3 rings (SSSR count). The quantitative estimate of drug-likeness (QED) is 0.545. The molecule has 5 nitrogen and oxygen atoms in total. The molecule has 28 heavy (non-hydrogen) atoms. The van der Waals surface area contributed by atoms with Crippen LogP contribution < -0.4 is 9.47 Å². The standard InChI is InChI=1S/C22H26BrNO4/c1-4-26-19-10-9-17(20(13-19)27-5-2)11-15(3)24-14-21(28-22(24)25)16-7-6-8-18(23)12-16/h6-10,12-13,15,21H,4-5,11,14H2,1-3H3/t15-,21+/m1/s1. The van der Waals surface area contributed by atoms with Gasteiger partial charge in [-0.3, -0.25) is 0 Å². The lowest BCUT2D eigenvalue weighted by atomic mass is 10.0. The largest absolute Gasteiger partial charge is 0.494 e. The minimum absolute atomic E-state index is 0.0122. The van der Waals surface area contributed by atoms with Crippen LogP contribution in [0.15, 0.2) is 46.9 Å². The SMILES string of the molecule is CCOc1ccc(C[C@@H](C)N2C[C@@H](c3cccc(Br)c3)OC2=O)c(OCC)c1. The van der Waals surface area contributed by atoms with Gasteiger partial charge in [-0.1, -0.05) is 34.1 Å². The van der Waals surface area contributed by atoms with Crippen molar-refractivity contribution in [1.29, 1.82) is 0 Å². The van der Waals surface area contributed by atoms with Crippen LogP contribution in [0.3, 0.4) is 0 Å². The zero-order valence-corrected chi connectivity index (χ0v) is 18.1. The van der Waals surface area contributed by atoms with E-state index in [0.29, 0.717) is 26.2 Å². The van der Waals surface area contributed by atoms with Gasteiger partial charge in [0.25, 0.3) is 0 Å². The maximum atomic E-state index is 12.5. The summed E-state index contributed by atoms with van der Waals surface area (Å²) < 4.78 is 18.0. The van der Waals surface area contributed by atoms with E-state index in [1.807, 2.05) is 63.2 Å². The van der Waals surface area contributed by atoms with Crippen LogP contribution >= 0.6 is 15.9 Å². The molecule has 2 aromatic carbocycles. The second-order valence-electron chi connectivity index (χ2n) is 6.77. The highest BCUT2D eigenvalue weighted by molar-refractivity contribution is 9.10. The van der Waals surface area contributed by atoms with Crippen molar-refractivity contribution in [2.45, 2.75) is 39.3 Å². The predicted molar refractivity (Wildman–Crippen MR) is 112 cm³/mol. The Hall–Kier alpha value is -2.21. The summed E-state index contributed by atoms with van der Waals surface area (Å²) in [5, 5.41) is 0. The highest BCUT2D eigenvalue weighted by Crippen LogP contribution is 2.32. The molecule has 1 amide bonds. The summed E-state index contributed by atoms with van der Waals surface area (Å²) in [6.45, 7) is 7.68. The average molecular weight is 448 g/mol. The van der Waals surface area contributed by atoms with Crippen molar-refractivity contribution in [1.82, 2.24) is 4.90 Å². The van der Waals surface area contributed by atoms with Gasteiger partial charge in [-0.2, -0.15) is 0 Å². The van der Waals surface area contributed by atoms with Crippen molar-refractivity contribution in [3.05, 3.63) is 58.1 Å². The topological polar surface area (TPSA) is 48.0 Å². The van der Waals surface area contributed by atoms with Gasteiger partial charge in [-0.15, -0.1) is 0 Å². The Balaban J connectivity index is 1.72. The minimum atomic E-state index is -0.277. The zero-order valence-electron chi connectivity index (χ0n) is 16.5. The van der Waals surface area contributed by atoms with Gasteiger partial charge >= 0.3 is 6.09 Å². The van der Waals surface area contributed by atoms with Crippen molar-refractivity contribution in [3.63, 3.8) is 0 Å². The second-order valence-corrected chi connectivity index (χ2v) is 7.68. The molecule has 0 saturated carbocycles.